The van der Waals surface area contributed by atoms with E-state index in [1.54, 1.807) is 18.2 Å². The highest BCUT2D eigenvalue weighted by atomic mass is 16.5. The molecule has 0 unspecified atom stereocenters. The van der Waals surface area contributed by atoms with Gasteiger partial charge in [-0.1, -0.05) is 26.0 Å². The molecule has 1 amide bonds. The molecule has 0 saturated carbocycles. The summed E-state index contributed by atoms with van der Waals surface area (Å²) in [7, 11) is 0. The van der Waals surface area contributed by atoms with Crippen molar-refractivity contribution in [3.8, 4) is 22.9 Å². The average molecular weight is 394 g/mol. The lowest BCUT2D eigenvalue weighted by Crippen LogP contribution is -2.12. The van der Waals surface area contributed by atoms with Crippen LogP contribution in [0.15, 0.2) is 42.5 Å². The molecule has 152 valence electrons. The summed E-state index contributed by atoms with van der Waals surface area (Å²) in [5, 5.41) is 9.90. The number of ether oxygens (including phenoxy) is 2. The minimum Gasteiger partial charge on any atom is -0.490 e. The Labute approximate surface area is 170 Å². The molecule has 0 radical (unpaired) electrons. The molecule has 2 aromatic carbocycles. The van der Waals surface area contributed by atoms with E-state index in [1.807, 2.05) is 45.0 Å². The predicted molar refractivity (Wildman–Crippen MR) is 113 cm³/mol. The monoisotopic (exact) mass is 394 g/mol. The molecule has 0 bridgehead atoms. The second kappa shape index (κ2) is 9.73. The van der Waals surface area contributed by atoms with Crippen LogP contribution in [0.3, 0.4) is 0 Å². The second-order valence-corrected chi connectivity index (χ2v) is 6.64. The zero-order valence-corrected chi connectivity index (χ0v) is 17.0. The molecule has 0 spiro atoms. The van der Waals surface area contributed by atoms with Crippen molar-refractivity contribution in [2.75, 3.05) is 18.5 Å². The normalized spacial score (nSPS) is 10.6. The number of aromatic amines is 1. The SMILES string of the molecule is CCCOc1ccc(C(=O)Nc2cccc(-c3n[nH]c(C)n3)c2)cc1OCCC. The van der Waals surface area contributed by atoms with Crippen molar-refractivity contribution in [3.63, 3.8) is 0 Å². The molecule has 0 atom stereocenters. The topological polar surface area (TPSA) is 89.1 Å². The largest absolute Gasteiger partial charge is 0.490 e. The number of aromatic nitrogens is 3. The Bertz CT molecular complexity index is 968. The van der Waals surface area contributed by atoms with Crippen LogP contribution >= 0.6 is 0 Å². The van der Waals surface area contributed by atoms with Crippen LogP contribution in [0.2, 0.25) is 0 Å². The van der Waals surface area contributed by atoms with Gasteiger partial charge >= 0.3 is 0 Å². The lowest BCUT2D eigenvalue weighted by atomic mass is 10.1. The second-order valence-electron chi connectivity index (χ2n) is 6.64. The first-order chi connectivity index (χ1) is 14.1. The van der Waals surface area contributed by atoms with Crippen molar-refractivity contribution in [1.29, 1.82) is 0 Å². The molecule has 2 N–H and O–H groups in total. The smallest absolute Gasteiger partial charge is 0.255 e. The lowest BCUT2D eigenvalue weighted by molar-refractivity contribution is 0.102. The first-order valence-corrected chi connectivity index (χ1v) is 9.81. The molecule has 29 heavy (non-hydrogen) atoms. The van der Waals surface area contributed by atoms with Gasteiger partial charge in [-0.2, -0.15) is 5.10 Å². The molecule has 0 aliphatic heterocycles. The van der Waals surface area contributed by atoms with E-state index >= 15 is 0 Å². The van der Waals surface area contributed by atoms with Crippen LogP contribution in [0.4, 0.5) is 5.69 Å². The maximum absolute atomic E-state index is 12.8. The van der Waals surface area contributed by atoms with Gasteiger partial charge in [0.15, 0.2) is 17.3 Å². The summed E-state index contributed by atoms with van der Waals surface area (Å²) >= 11 is 0. The van der Waals surface area contributed by atoms with Gasteiger partial charge in [-0.3, -0.25) is 9.89 Å². The summed E-state index contributed by atoms with van der Waals surface area (Å²) < 4.78 is 11.5. The van der Waals surface area contributed by atoms with Crippen LogP contribution in [-0.2, 0) is 0 Å². The van der Waals surface area contributed by atoms with Crippen LogP contribution in [0.25, 0.3) is 11.4 Å². The molecule has 0 aliphatic rings. The quantitative estimate of drug-likeness (QED) is 0.553. The lowest BCUT2D eigenvalue weighted by Gasteiger charge is -2.14. The molecule has 0 saturated heterocycles. The minimum absolute atomic E-state index is 0.225. The fraction of sp³-hybridized carbons (Fsp3) is 0.318. The summed E-state index contributed by atoms with van der Waals surface area (Å²) in [6.45, 7) is 7.08. The van der Waals surface area contributed by atoms with Gasteiger partial charge in [0, 0.05) is 16.8 Å². The van der Waals surface area contributed by atoms with Crippen molar-refractivity contribution in [2.24, 2.45) is 0 Å². The van der Waals surface area contributed by atoms with E-state index < -0.39 is 0 Å². The Morgan fingerprint density at radius 3 is 2.48 bits per heavy atom. The molecule has 3 aromatic rings. The number of hydrogen-bond acceptors (Lipinski definition) is 5. The van der Waals surface area contributed by atoms with Crippen LogP contribution in [0.1, 0.15) is 42.9 Å². The summed E-state index contributed by atoms with van der Waals surface area (Å²) in [5.41, 5.74) is 1.99. The number of amides is 1. The van der Waals surface area contributed by atoms with Crippen LogP contribution in [-0.4, -0.2) is 34.3 Å². The number of carbonyl (C=O) groups excluding carboxylic acids is 1. The van der Waals surface area contributed by atoms with Crippen LogP contribution < -0.4 is 14.8 Å². The van der Waals surface area contributed by atoms with E-state index in [0.717, 1.165) is 24.2 Å². The molecule has 1 heterocycles. The minimum atomic E-state index is -0.225. The fourth-order valence-electron chi connectivity index (χ4n) is 2.72. The van der Waals surface area contributed by atoms with Gasteiger partial charge in [0.05, 0.1) is 13.2 Å². The van der Waals surface area contributed by atoms with Gasteiger partial charge in [-0.15, -0.1) is 0 Å². The maximum Gasteiger partial charge on any atom is 0.255 e. The van der Waals surface area contributed by atoms with Gasteiger partial charge in [-0.25, -0.2) is 4.98 Å². The number of aryl methyl sites for hydroxylation is 1. The third kappa shape index (κ3) is 5.34. The van der Waals surface area contributed by atoms with E-state index in [1.165, 1.54) is 0 Å². The highest BCUT2D eigenvalue weighted by Gasteiger charge is 2.13. The van der Waals surface area contributed by atoms with Crippen LogP contribution in [0.5, 0.6) is 11.5 Å². The summed E-state index contributed by atoms with van der Waals surface area (Å²) in [6, 6.07) is 12.7. The van der Waals surface area contributed by atoms with Gasteiger partial charge in [0.2, 0.25) is 0 Å². The molecular formula is C22H26N4O3. The van der Waals surface area contributed by atoms with Gasteiger partial charge in [-0.05, 0) is 50.1 Å². The number of H-pyrrole nitrogens is 1. The van der Waals surface area contributed by atoms with Crippen molar-refractivity contribution < 1.29 is 14.3 Å². The number of hydrogen-bond donors (Lipinski definition) is 2. The third-order valence-electron chi connectivity index (χ3n) is 4.11. The van der Waals surface area contributed by atoms with Gasteiger partial charge in [0.1, 0.15) is 5.82 Å². The van der Waals surface area contributed by atoms with Gasteiger partial charge in [0.25, 0.3) is 5.91 Å². The summed E-state index contributed by atoms with van der Waals surface area (Å²) in [4.78, 5) is 17.1. The maximum atomic E-state index is 12.8. The predicted octanol–water partition coefficient (Wildman–Crippen LogP) is 4.61. The number of nitrogens with zero attached hydrogens (tertiary/aromatic N) is 2. The number of nitrogens with one attached hydrogen (secondary N) is 2. The molecule has 7 heteroatoms. The standard InChI is InChI=1S/C22H26N4O3/c1-4-11-28-19-10-9-17(14-20(19)29-12-5-2)22(27)24-18-8-6-7-16(13-18)21-23-15(3)25-26-21/h6-10,13-14H,4-5,11-12H2,1-3H3,(H,24,27)(H,23,25,26). The molecular weight excluding hydrogens is 368 g/mol. The molecule has 7 nitrogen and oxygen atoms in total. The van der Waals surface area contributed by atoms with Crippen LogP contribution in [0, 0.1) is 6.92 Å². The van der Waals surface area contributed by atoms with Gasteiger partial charge < -0.3 is 14.8 Å². The number of rotatable bonds is 9. The Hall–Kier alpha value is -3.35. The van der Waals surface area contributed by atoms with E-state index in [2.05, 4.69) is 20.5 Å². The summed E-state index contributed by atoms with van der Waals surface area (Å²) in [6.07, 6.45) is 1.77. The Morgan fingerprint density at radius 1 is 1.03 bits per heavy atom. The number of carbonyl (C=O) groups is 1. The Morgan fingerprint density at radius 2 is 1.79 bits per heavy atom. The number of benzene rings is 2. The molecule has 1 aromatic heterocycles. The van der Waals surface area contributed by atoms with Crippen molar-refractivity contribution in [1.82, 2.24) is 15.2 Å². The average Bonchev–Trinajstić information content (AvgIpc) is 3.17. The molecule has 0 fully saturated rings. The van der Waals surface area contributed by atoms with Crippen molar-refractivity contribution in [2.45, 2.75) is 33.6 Å². The number of anilines is 1. The Kier molecular flexibility index (Phi) is 6.84. The van der Waals surface area contributed by atoms with Crippen molar-refractivity contribution >= 4 is 11.6 Å². The third-order valence-corrected chi connectivity index (χ3v) is 4.11. The van der Waals surface area contributed by atoms with E-state index in [9.17, 15) is 4.79 Å². The first-order valence-electron chi connectivity index (χ1n) is 9.81. The highest BCUT2D eigenvalue weighted by molar-refractivity contribution is 6.04. The first kappa shape index (κ1) is 20.4. The summed E-state index contributed by atoms with van der Waals surface area (Å²) in [5.74, 6) is 2.33. The van der Waals surface area contributed by atoms with Crippen molar-refractivity contribution in [3.05, 3.63) is 53.9 Å². The van der Waals surface area contributed by atoms with E-state index in [0.29, 0.717) is 41.8 Å². The zero-order chi connectivity index (χ0) is 20.6. The molecule has 0 aliphatic carbocycles. The molecule has 3 rings (SSSR count). The van der Waals surface area contributed by atoms with E-state index in [-0.39, 0.29) is 5.91 Å². The van der Waals surface area contributed by atoms with E-state index in [4.69, 9.17) is 9.47 Å². The zero-order valence-electron chi connectivity index (χ0n) is 17.0. The fourth-order valence-corrected chi connectivity index (χ4v) is 2.72. The highest BCUT2D eigenvalue weighted by Crippen LogP contribution is 2.29. The Balaban J connectivity index is 1.77.